The molecular weight excluding hydrogens is 251 g/mol. The Hall–Kier alpha value is -1.93. The second-order valence-electron chi connectivity index (χ2n) is 2.95. The Labute approximate surface area is 90.9 Å². The van der Waals surface area contributed by atoms with Gasteiger partial charge in [-0.2, -0.15) is 13.2 Å². The topological polar surface area (TPSA) is 76.2 Å². The van der Waals surface area contributed by atoms with Crippen molar-refractivity contribution in [3.8, 4) is 0 Å². The average molecular weight is 256 g/mol. The molecule has 94 valence electrons. The molecule has 0 saturated carbocycles. The van der Waals surface area contributed by atoms with Crippen molar-refractivity contribution in [2.75, 3.05) is 5.73 Å². The van der Waals surface area contributed by atoms with E-state index in [-0.39, 0.29) is 0 Å². The Morgan fingerprint density at radius 2 is 1.94 bits per heavy atom. The maximum atomic E-state index is 12.5. The highest BCUT2D eigenvalue weighted by molar-refractivity contribution is 5.90. The molecule has 0 fully saturated rings. The van der Waals surface area contributed by atoms with Crippen molar-refractivity contribution in [1.82, 2.24) is 4.98 Å². The maximum absolute atomic E-state index is 12.5. The van der Waals surface area contributed by atoms with Gasteiger partial charge in [0.25, 0.3) is 6.43 Å². The van der Waals surface area contributed by atoms with Gasteiger partial charge < -0.3 is 10.8 Å². The summed E-state index contributed by atoms with van der Waals surface area (Å²) in [4.78, 5) is 13.5. The third-order valence-electron chi connectivity index (χ3n) is 1.88. The lowest BCUT2D eigenvalue weighted by Crippen LogP contribution is -2.18. The standard InChI is InChI=1S/C8H5F5N2O2/c9-5(10)3-2(7(16)17)1-15-6(14)4(3)8(11,12)13/h1,5H,(H2,14,15)(H,16,17). The van der Waals surface area contributed by atoms with Gasteiger partial charge in [0.05, 0.1) is 5.56 Å². The van der Waals surface area contributed by atoms with Crippen molar-refractivity contribution in [2.24, 2.45) is 0 Å². The largest absolute Gasteiger partial charge is 0.478 e. The van der Waals surface area contributed by atoms with Crippen LogP contribution < -0.4 is 5.73 Å². The van der Waals surface area contributed by atoms with Gasteiger partial charge in [-0.25, -0.2) is 18.6 Å². The van der Waals surface area contributed by atoms with E-state index in [2.05, 4.69) is 4.98 Å². The number of nitrogens with two attached hydrogens (primary N) is 1. The van der Waals surface area contributed by atoms with Crippen LogP contribution in [-0.2, 0) is 6.18 Å². The Morgan fingerprint density at radius 1 is 1.41 bits per heavy atom. The molecule has 0 saturated heterocycles. The van der Waals surface area contributed by atoms with E-state index in [1.165, 1.54) is 0 Å². The molecular formula is C8H5F5N2O2. The van der Waals surface area contributed by atoms with Crippen LogP contribution in [0.15, 0.2) is 6.20 Å². The van der Waals surface area contributed by atoms with E-state index in [0.29, 0.717) is 6.20 Å². The predicted molar refractivity (Wildman–Crippen MR) is 45.6 cm³/mol. The van der Waals surface area contributed by atoms with Crippen LogP contribution in [0.3, 0.4) is 0 Å². The fourth-order valence-corrected chi connectivity index (χ4v) is 1.24. The molecule has 0 aliphatic heterocycles. The SMILES string of the molecule is Nc1ncc(C(=O)O)c(C(F)F)c1C(F)(F)F. The molecule has 0 aliphatic carbocycles. The number of halogens is 5. The van der Waals surface area contributed by atoms with Crippen molar-refractivity contribution in [3.05, 3.63) is 22.9 Å². The van der Waals surface area contributed by atoms with Crippen LogP contribution >= 0.6 is 0 Å². The van der Waals surface area contributed by atoms with Crippen LogP contribution in [0.1, 0.15) is 27.9 Å². The second-order valence-corrected chi connectivity index (χ2v) is 2.95. The lowest BCUT2D eigenvalue weighted by atomic mass is 10.0. The number of carbonyl (C=O) groups is 1. The lowest BCUT2D eigenvalue weighted by molar-refractivity contribution is -0.139. The molecule has 0 atom stereocenters. The highest BCUT2D eigenvalue weighted by Gasteiger charge is 2.41. The van der Waals surface area contributed by atoms with Crippen LogP contribution in [0.2, 0.25) is 0 Å². The Balaban J connectivity index is 3.67. The minimum absolute atomic E-state index is 0.369. The van der Waals surface area contributed by atoms with Crippen LogP contribution in [0.25, 0.3) is 0 Å². The maximum Gasteiger partial charge on any atom is 0.420 e. The summed E-state index contributed by atoms with van der Waals surface area (Å²) in [6, 6.07) is 0. The van der Waals surface area contributed by atoms with Crippen LogP contribution in [0.4, 0.5) is 27.8 Å². The molecule has 3 N–H and O–H groups in total. The fourth-order valence-electron chi connectivity index (χ4n) is 1.24. The van der Waals surface area contributed by atoms with Crippen LogP contribution in [0.5, 0.6) is 0 Å². The van der Waals surface area contributed by atoms with E-state index in [1.807, 2.05) is 0 Å². The number of nitrogen functional groups attached to an aromatic ring is 1. The number of rotatable bonds is 2. The summed E-state index contributed by atoms with van der Waals surface area (Å²) < 4.78 is 62.4. The number of nitrogens with zero attached hydrogens (tertiary/aromatic N) is 1. The number of aromatic nitrogens is 1. The van der Waals surface area contributed by atoms with Gasteiger partial charge in [-0.15, -0.1) is 0 Å². The zero-order valence-corrected chi connectivity index (χ0v) is 7.92. The van der Waals surface area contributed by atoms with Gasteiger partial charge in [0.1, 0.15) is 11.4 Å². The quantitative estimate of drug-likeness (QED) is 0.796. The van der Waals surface area contributed by atoms with Gasteiger partial charge in [0.2, 0.25) is 0 Å². The van der Waals surface area contributed by atoms with Gasteiger partial charge in [-0.05, 0) is 0 Å². The third kappa shape index (κ3) is 2.43. The first-order chi connectivity index (χ1) is 7.66. The molecule has 1 aromatic rings. The number of hydrogen-bond acceptors (Lipinski definition) is 3. The minimum Gasteiger partial charge on any atom is -0.478 e. The van der Waals surface area contributed by atoms with Crippen LogP contribution in [0, 0.1) is 0 Å². The van der Waals surface area contributed by atoms with Crippen molar-refractivity contribution < 1.29 is 31.9 Å². The molecule has 0 aliphatic rings. The fraction of sp³-hybridized carbons (Fsp3) is 0.250. The van der Waals surface area contributed by atoms with E-state index in [4.69, 9.17) is 10.8 Å². The summed E-state index contributed by atoms with van der Waals surface area (Å²) in [5.41, 5.74) is 0.0574. The number of pyridine rings is 1. The Kier molecular flexibility index (Phi) is 3.21. The van der Waals surface area contributed by atoms with Gasteiger partial charge in [0.15, 0.2) is 0 Å². The first-order valence-electron chi connectivity index (χ1n) is 4.03. The van der Waals surface area contributed by atoms with Gasteiger partial charge >= 0.3 is 12.1 Å². The molecule has 9 heteroatoms. The first kappa shape index (κ1) is 13.1. The molecule has 0 radical (unpaired) electrons. The number of hydrogen-bond donors (Lipinski definition) is 2. The molecule has 0 bridgehead atoms. The summed E-state index contributed by atoms with van der Waals surface area (Å²) in [7, 11) is 0. The summed E-state index contributed by atoms with van der Waals surface area (Å²) in [5, 5.41) is 8.51. The average Bonchev–Trinajstić information content (AvgIpc) is 2.14. The van der Waals surface area contributed by atoms with Crippen molar-refractivity contribution in [1.29, 1.82) is 0 Å². The van der Waals surface area contributed by atoms with Crippen LogP contribution in [-0.4, -0.2) is 16.1 Å². The summed E-state index contributed by atoms with van der Waals surface area (Å²) in [5.74, 6) is -3.11. The smallest absolute Gasteiger partial charge is 0.420 e. The monoisotopic (exact) mass is 256 g/mol. The molecule has 4 nitrogen and oxygen atoms in total. The van der Waals surface area contributed by atoms with Crippen molar-refractivity contribution in [3.63, 3.8) is 0 Å². The molecule has 1 aromatic heterocycles. The van der Waals surface area contributed by atoms with Gasteiger partial charge in [-0.1, -0.05) is 0 Å². The van der Waals surface area contributed by atoms with Gasteiger partial charge in [0, 0.05) is 11.8 Å². The van der Waals surface area contributed by atoms with E-state index in [9.17, 15) is 26.7 Å². The summed E-state index contributed by atoms with van der Waals surface area (Å²) in [6.45, 7) is 0. The van der Waals surface area contributed by atoms with E-state index in [1.54, 1.807) is 0 Å². The third-order valence-corrected chi connectivity index (χ3v) is 1.88. The number of alkyl halides is 5. The minimum atomic E-state index is -5.20. The Morgan fingerprint density at radius 3 is 2.29 bits per heavy atom. The second kappa shape index (κ2) is 4.15. The molecule has 0 aromatic carbocycles. The predicted octanol–water partition coefficient (Wildman–Crippen LogP) is 2.32. The summed E-state index contributed by atoms with van der Waals surface area (Å²) in [6.07, 6.45) is -8.45. The number of carboxylic acid groups (broad SMARTS) is 1. The first-order valence-corrected chi connectivity index (χ1v) is 4.03. The molecule has 17 heavy (non-hydrogen) atoms. The van der Waals surface area contributed by atoms with Gasteiger partial charge in [-0.3, -0.25) is 0 Å². The summed E-state index contributed by atoms with van der Waals surface area (Å²) >= 11 is 0. The highest BCUT2D eigenvalue weighted by Crippen LogP contribution is 2.40. The molecule has 0 amide bonds. The zero-order valence-electron chi connectivity index (χ0n) is 7.92. The molecule has 1 rings (SSSR count). The zero-order chi connectivity index (χ0) is 13.4. The number of anilines is 1. The molecule has 0 unspecified atom stereocenters. The normalized spacial score (nSPS) is 11.9. The lowest BCUT2D eigenvalue weighted by Gasteiger charge is -2.15. The highest BCUT2D eigenvalue weighted by atomic mass is 19.4. The Bertz CT molecular complexity index is 458. The van der Waals surface area contributed by atoms with E-state index >= 15 is 0 Å². The van der Waals surface area contributed by atoms with E-state index in [0.717, 1.165) is 0 Å². The van der Waals surface area contributed by atoms with Crippen molar-refractivity contribution in [2.45, 2.75) is 12.6 Å². The molecule has 1 heterocycles. The number of carboxylic acids is 1. The van der Waals surface area contributed by atoms with E-state index < -0.39 is 41.1 Å². The molecule has 0 spiro atoms. The number of aromatic carboxylic acids is 1. The van der Waals surface area contributed by atoms with Crippen molar-refractivity contribution >= 4 is 11.8 Å².